The summed E-state index contributed by atoms with van der Waals surface area (Å²) >= 11 is 0. The predicted octanol–water partition coefficient (Wildman–Crippen LogP) is -0.497. The minimum Gasteiger partial charge on any atom is -0.394 e. The monoisotopic (exact) mass is 141 g/mol. The van der Waals surface area contributed by atoms with Gasteiger partial charge in [0.25, 0.3) is 0 Å². The molecule has 0 aromatic heterocycles. The summed E-state index contributed by atoms with van der Waals surface area (Å²) in [6.45, 7) is 0.0922. The lowest BCUT2D eigenvalue weighted by Crippen LogP contribution is -2.42. The third-order valence-corrected chi connectivity index (χ3v) is 2.41. The Morgan fingerprint density at radius 2 is 2.40 bits per heavy atom. The Kier molecular flexibility index (Phi) is 1.20. The van der Waals surface area contributed by atoms with E-state index >= 15 is 0 Å². The van der Waals surface area contributed by atoms with E-state index < -0.39 is 0 Å². The van der Waals surface area contributed by atoms with Crippen molar-refractivity contribution in [2.24, 2.45) is 11.8 Å². The van der Waals surface area contributed by atoms with E-state index in [0.29, 0.717) is 11.8 Å². The summed E-state index contributed by atoms with van der Waals surface area (Å²) in [5.74, 6) is 1.03. The van der Waals surface area contributed by atoms with Gasteiger partial charge in [0.15, 0.2) is 0 Å². The first kappa shape index (κ1) is 6.16. The van der Waals surface area contributed by atoms with Crippen molar-refractivity contribution in [1.29, 1.82) is 0 Å². The Morgan fingerprint density at radius 3 is 3.00 bits per heavy atom. The van der Waals surface area contributed by atoms with Crippen LogP contribution in [-0.4, -0.2) is 23.7 Å². The number of aliphatic hydroxyl groups is 1. The Hall–Kier alpha value is -0.570. The topological polar surface area (TPSA) is 49.3 Å². The molecule has 56 valence electrons. The van der Waals surface area contributed by atoms with Crippen molar-refractivity contribution in [3.63, 3.8) is 0 Å². The minimum absolute atomic E-state index is 0.0382. The zero-order valence-electron chi connectivity index (χ0n) is 5.71. The van der Waals surface area contributed by atoms with Crippen molar-refractivity contribution >= 4 is 5.91 Å². The number of rotatable bonds is 1. The van der Waals surface area contributed by atoms with Gasteiger partial charge >= 0.3 is 0 Å². The third kappa shape index (κ3) is 0.814. The SMILES string of the molecule is O=C1N[C@H](CO)C[C@@H]2C[C@H]12. The lowest BCUT2D eigenvalue weighted by atomic mass is 10.1. The number of fused-ring (bicyclic) bond motifs is 1. The highest BCUT2D eigenvalue weighted by molar-refractivity contribution is 5.82. The normalized spacial score (nSPS) is 44.1. The van der Waals surface area contributed by atoms with Crippen LogP contribution in [0.15, 0.2) is 0 Å². The number of aliphatic hydroxyl groups excluding tert-OH is 1. The summed E-state index contributed by atoms with van der Waals surface area (Å²) in [5.41, 5.74) is 0. The molecule has 0 unspecified atom stereocenters. The molecule has 0 bridgehead atoms. The molecule has 3 nitrogen and oxygen atoms in total. The van der Waals surface area contributed by atoms with Crippen molar-refractivity contribution in [3.05, 3.63) is 0 Å². The number of hydrogen-bond acceptors (Lipinski definition) is 2. The highest BCUT2D eigenvalue weighted by atomic mass is 16.3. The maximum atomic E-state index is 11.0. The molecule has 0 aromatic carbocycles. The Bertz CT molecular complexity index is 169. The number of carbonyl (C=O) groups is 1. The Morgan fingerprint density at radius 1 is 1.60 bits per heavy atom. The maximum Gasteiger partial charge on any atom is 0.223 e. The molecule has 2 N–H and O–H groups in total. The second-order valence-corrected chi connectivity index (χ2v) is 3.23. The van der Waals surface area contributed by atoms with Gasteiger partial charge in [-0.1, -0.05) is 0 Å². The number of amides is 1. The van der Waals surface area contributed by atoms with Crippen LogP contribution in [0.4, 0.5) is 0 Å². The summed E-state index contributed by atoms with van der Waals surface area (Å²) < 4.78 is 0. The van der Waals surface area contributed by atoms with E-state index in [-0.39, 0.29) is 18.6 Å². The summed E-state index contributed by atoms with van der Waals surface area (Å²) in [7, 11) is 0. The highest BCUT2D eigenvalue weighted by Gasteiger charge is 2.47. The van der Waals surface area contributed by atoms with E-state index in [1.165, 1.54) is 0 Å². The van der Waals surface area contributed by atoms with Crippen LogP contribution in [0.1, 0.15) is 12.8 Å². The molecule has 1 saturated carbocycles. The van der Waals surface area contributed by atoms with E-state index in [4.69, 9.17) is 5.11 Å². The minimum atomic E-state index is 0.0382. The van der Waals surface area contributed by atoms with Crippen LogP contribution in [0.3, 0.4) is 0 Å². The van der Waals surface area contributed by atoms with Crippen LogP contribution in [0.2, 0.25) is 0 Å². The molecule has 1 aliphatic heterocycles. The van der Waals surface area contributed by atoms with Gasteiger partial charge in [-0.3, -0.25) is 4.79 Å². The van der Waals surface area contributed by atoms with Crippen LogP contribution in [0.5, 0.6) is 0 Å². The molecule has 1 heterocycles. The van der Waals surface area contributed by atoms with Gasteiger partial charge in [0.1, 0.15) is 0 Å². The highest BCUT2D eigenvalue weighted by Crippen LogP contribution is 2.44. The zero-order valence-corrected chi connectivity index (χ0v) is 5.71. The molecule has 1 saturated heterocycles. The fourth-order valence-corrected chi connectivity index (χ4v) is 1.68. The first-order valence-corrected chi connectivity index (χ1v) is 3.72. The largest absolute Gasteiger partial charge is 0.394 e. The molecule has 3 atom stereocenters. The first-order chi connectivity index (χ1) is 4.81. The van der Waals surface area contributed by atoms with Crippen molar-refractivity contribution in [3.8, 4) is 0 Å². The van der Waals surface area contributed by atoms with E-state index in [1.807, 2.05) is 0 Å². The molecule has 1 aliphatic carbocycles. The predicted molar refractivity (Wildman–Crippen MR) is 35.2 cm³/mol. The Balaban J connectivity index is 1.99. The molecule has 3 heteroatoms. The zero-order chi connectivity index (χ0) is 7.14. The standard InChI is InChI=1S/C7H11NO2/c9-3-5-1-4-2-6(4)7(10)8-5/h4-6,9H,1-3H2,(H,8,10)/t4-,5+,6+/m1/s1. The van der Waals surface area contributed by atoms with Gasteiger partial charge in [-0.25, -0.2) is 0 Å². The third-order valence-electron chi connectivity index (χ3n) is 2.41. The number of nitrogens with one attached hydrogen (secondary N) is 1. The average molecular weight is 141 g/mol. The van der Waals surface area contributed by atoms with Gasteiger partial charge in [-0.05, 0) is 18.8 Å². The van der Waals surface area contributed by atoms with Crippen LogP contribution >= 0.6 is 0 Å². The van der Waals surface area contributed by atoms with Crippen LogP contribution in [-0.2, 0) is 4.79 Å². The fraction of sp³-hybridized carbons (Fsp3) is 0.857. The molecule has 2 rings (SSSR count). The summed E-state index contributed by atoms with van der Waals surface area (Å²) in [4.78, 5) is 11.0. The molecular formula is C7H11NO2. The van der Waals surface area contributed by atoms with E-state index in [0.717, 1.165) is 12.8 Å². The van der Waals surface area contributed by atoms with E-state index in [2.05, 4.69) is 5.32 Å². The molecular weight excluding hydrogens is 130 g/mol. The van der Waals surface area contributed by atoms with Gasteiger partial charge in [0, 0.05) is 5.92 Å². The lowest BCUT2D eigenvalue weighted by Gasteiger charge is -2.20. The number of hydrogen-bond donors (Lipinski definition) is 2. The van der Waals surface area contributed by atoms with Crippen molar-refractivity contribution in [2.75, 3.05) is 6.61 Å². The van der Waals surface area contributed by atoms with Crippen molar-refractivity contribution < 1.29 is 9.90 Å². The summed E-state index contributed by atoms with van der Waals surface area (Å²) in [5, 5.41) is 11.5. The van der Waals surface area contributed by atoms with Crippen LogP contribution in [0.25, 0.3) is 0 Å². The molecule has 2 fully saturated rings. The van der Waals surface area contributed by atoms with Crippen LogP contribution < -0.4 is 5.32 Å². The van der Waals surface area contributed by atoms with Crippen molar-refractivity contribution in [1.82, 2.24) is 5.32 Å². The van der Waals surface area contributed by atoms with Gasteiger partial charge in [0.2, 0.25) is 5.91 Å². The second-order valence-electron chi connectivity index (χ2n) is 3.23. The molecule has 0 radical (unpaired) electrons. The molecule has 1 amide bonds. The van der Waals surface area contributed by atoms with Gasteiger partial charge in [-0.15, -0.1) is 0 Å². The quantitative estimate of drug-likeness (QED) is 0.517. The fourth-order valence-electron chi connectivity index (χ4n) is 1.68. The second kappa shape index (κ2) is 1.95. The van der Waals surface area contributed by atoms with Gasteiger partial charge in [-0.2, -0.15) is 0 Å². The van der Waals surface area contributed by atoms with Gasteiger partial charge in [0.05, 0.1) is 12.6 Å². The molecule has 0 aromatic rings. The lowest BCUT2D eigenvalue weighted by molar-refractivity contribution is -0.125. The Labute approximate surface area is 59.4 Å². The summed E-state index contributed by atoms with van der Waals surface area (Å²) in [6, 6.07) is 0.0382. The van der Waals surface area contributed by atoms with Crippen molar-refractivity contribution in [2.45, 2.75) is 18.9 Å². The average Bonchev–Trinajstić information content (AvgIpc) is 2.66. The van der Waals surface area contributed by atoms with Gasteiger partial charge < -0.3 is 10.4 Å². The smallest absolute Gasteiger partial charge is 0.223 e. The molecule has 10 heavy (non-hydrogen) atoms. The summed E-state index contributed by atoms with van der Waals surface area (Å²) in [6.07, 6.45) is 2.02. The van der Waals surface area contributed by atoms with E-state index in [9.17, 15) is 4.79 Å². The first-order valence-electron chi connectivity index (χ1n) is 3.72. The number of carbonyl (C=O) groups excluding carboxylic acids is 1. The van der Waals surface area contributed by atoms with E-state index in [1.54, 1.807) is 0 Å². The molecule has 0 spiro atoms. The number of piperidine rings is 1. The maximum absolute atomic E-state index is 11.0. The van der Waals surface area contributed by atoms with Crippen LogP contribution in [0, 0.1) is 11.8 Å². The molecule has 2 aliphatic rings.